The van der Waals surface area contributed by atoms with Gasteiger partial charge in [-0.3, -0.25) is 4.79 Å². The Morgan fingerprint density at radius 1 is 1.41 bits per heavy atom. The first-order valence-corrected chi connectivity index (χ1v) is 6.31. The van der Waals surface area contributed by atoms with Crippen molar-refractivity contribution in [2.45, 2.75) is 50.6 Å². The molecule has 2 aliphatic carbocycles. The van der Waals surface area contributed by atoms with Crippen LogP contribution in [0.15, 0.2) is 0 Å². The zero-order valence-corrected chi connectivity index (χ0v) is 9.79. The van der Waals surface area contributed by atoms with Gasteiger partial charge in [0.05, 0.1) is 6.10 Å². The molecule has 2 fully saturated rings. The lowest BCUT2D eigenvalue weighted by atomic mass is 9.86. The Kier molecular flexibility index (Phi) is 3.66. The molecular weight excluding hydrogens is 228 g/mol. The number of nitrogens with one attached hydrogen (secondary N) is 1. The monoisotopic (exact) mass is 247 g/mol. The number of alkyl halides is 2. The second-order valence-electron chi connectivity index (χ2n) is 5.30. The Bertz CT molecular complexity index is 292. The van der Waals surface area contributed by atoms with E-state index in [1.807, 2.05) is 0 Å². The topological polar surface area (TPSA) is 49.3 Å². The molecule has 0 spiro atoms. The number of aliphatic hydroxyl groups is 1. The van der Waals surface area contributed by atoms with Crippen molar-refractivity contribution in [1.82, 2.24) is 5.32 Å². The molecule has 5 heteroatoms. The first-order valence-electron chi connectivity index (χ1n) is 6.31. The average Bonchev–Trinajstić information content (AvgIpc) is 3.07. The van der Waals surface area contributed by atoms with Crippen LogP contribution in [-0.2, 0) is 4.79 Å². The molecule has 2 rings (SSSR count). The van der Waals surface area contributed by atoms with Crippen LogP contribution in [0.1, 0.15) is 38.5 Å². The van der Waals surface area contributed by atoms with Gasteiger partial charge in [-0.1, -0.05) is 0 Å². The summed E-state index contributed by atoms with van der Waals surface area (Å²) in [5.41, 5.74) is 0. The SMILES string of the molecule is O=C(NCC(O)C1CC1)C1CCCC(F)(F)C1. The summed E-state index contributed by atoms with van der Waals surface area (Å²) in [6.45, 7) is 0.200. The van der Waals surface area contributed by atoms with Crippen molar-refractivity contribution in [3.05, 3.63) is 0 Å². The zero-order valence-electron chi connectivity index (χ0n) is 9.79. The summed E-state index contributed by atoms with van der Waals surface area (Å²) < 4.78 is 26.2. The summed E-state index contributed by atoms with van der Waals surface area (Å²) in [5.74, 6) is -3.33. The molecule has 0 saturated heterocycles. The van der Waals surface area contributed by atoms with Gasteiger partial charge < -0.3 is 10.4 Å². The molecule has 0 aromatic heterocycles. The molecule has 17 heavy (non-hydrogen) atoms. The van der Waals surface area contributed by atoms with E-state index in [4.69, 9.17) is 0 Å². The number of carbonyl (C=O) groups excluding carboxylic acids is 1. The van der Waals surface area contributed by atoms with Crippen LogP contribution in [0, 0.1) is 11.8 Å². The van der Waals surface area contributed by atoms with Crippen LogP contribution in [0.5, 0.6) is 0 Å². The Morgan fingerprint density at radius 3 is 2.71 bits per heavy atom. The molecule has 2 aliphatic rings. The van der Waals surface area contributed by atoms with Gasteiger partial charge in [0.2, 0.25) is 11.8 Å². The third-order valence-electron chi connectivity index (χ3n) is 3.66. The van der Waals surface area contributed by atoms with Gasteiger partial charge in [0.15, 0.2) is 0 Å². The molecule has 98 valence electrons. The summed E-state index contributed by atoms with van der Waals surface area (Å²) in [6, 6.07) is 0. The second-order valence-corrected chi connectivity index (χ2v) is 5.30. The molecule has 0 aliphatic heterocycles. The molecule has 2 N–H and O–H groups in total. The highest BCUT2D eigenvalue weighted by atomic mass is 19.3. The fraction of sp³-hybridized carbons (Fsp3) is 0.917. The van der Waals surface area contributed by atoms with Crippen LogP contribution >= 0.6 is 0 Å². The van der Waals surface area contributed by atoms with E-state index in [1.165, 1.54) is 0 Å². The van der Waals surface area contributed by atoms with Crippen molar-refractivity contribution >= 4 is 5.91 Å². The summed E-state index contributed by atoms with van der Waals surface area (Å²) in [6.07, 6.45) is 1.96. The van der Waals surface area contributed by atoms with E-state index < -0.39 is 17.9 Å². The quantitative estimate of drug-likeness (QED) is 0.794. The van der Waals surface area contributed by atoms with Gasteiger partial charge in [0, 0.05) is 25.3 Å². The Hall–Kier alpha value is -0.710. The normalized spacial score (nSPS) is 29.7. The molecule has 2 atom stereocenters. The van der Waals surface area contributed by atoms with Crippen LogP contribution < -0.4 is 5.32 Å². The lowest BCUT2D eigenvalue weighted by Crippen LogP contribution is -2.40. The third-order valence-corrected chi connectivity index (χ3v) is 3.66. The number of carbonyl (C=O) groups is 1. The van der Waals surface area contributed by atoms with Gasteiger partial charge in [-0.2, -0.15) is 0 Å². The first kappa shape index (κ1) is 12.7. The van der Waals surface area contributed by atoms with Crippen LogP contribution in [0.2, 0.25) is 0 Å². The van der Waals surface area contributed by atoms with Gasteiger partial charge >= 0.3 is 0 Å². The number of rotatable bonds is 4. The molecular formula is C12H19F2NO2. The Labute approximate surface area is 99.6 Å². The third kappa shape index (κ3) is 3.63. The average molecular weight is 247 g/mol. The predicted molar refractivity (Wildman–Crippen MR) is 58.6 cm³/mol. The van der Waals surface area contributed by atoms with Gasteiger partial charge in [-0.15, -0.1) is 0 Å². The van der Waals surface area contributed by atoms with Gasteiger partial charge in [0.1, 0.15) is 0 Å². The standard InChI is InChI=1S/C12H19F2NO2/c13-12(14)5-1-2-9(6-12)11(17)15-7-10(16)8-3-4-8/h8-10,16H,1-7H2,(H,15,17). The van der Waals surface area contributed by atoms with E-state index in [9.17, 15) is 18.7 Å². The summed E-state index contributed by atoms with van der Waals surface area (Å²) in [5, 5.41) is 12.2. The molecule has 0 aromatic carbocycles. The van der Waals surface area contributed by atoms with Crippen LogP contribution in [0.25, 0.3) is 0 Å². The number of aliphatic hydroxyl groups excluding tert-OH is 1. The van der Waals surface area contributed by atoms with Crippen molar-refractivity contribution in [2.24, 2.45) is 11.8 Å². The summed E-state index contributed by atoms with van der Waals surface area (Å²) >= 11 is 0. The number of hydrogen-bond acceptors (Lipinski definition) is 2. The van der Waals surface area contributed by atoms with E-state index in [0.29, 0.717) is 18.8 Å². The molecule has 2 saturated carbocycles. The number of amides is 1. The van der Waals surface area contributed by atoms with E-state index in [2.05, 4.69) is 5.32 Å². The van der Waals surface area contributed by atoms with Crippen molar-refractivity contribution in [1.29, 1.82) is 0 Å². The molecule has 0 bridgehead atoms. The molecule has 3 nitrogen and oxygen atoms in total. The lowest BCUT2D eigenvalue weighted by Gasteiger charge is -2.28. The van der Waals surface area contributed by atoms with E-state index in [-0.39, 0.29) is 25.3 Å². The van der Waals surface area contributed by atoms with Crippen molar-refractivity contribution in [3.63, 3.8) is 0 Å². The summed E-state index contributed by atoms with van der Waals surface area (Å²) in [7, 11) is 0. The largest absolute Gasteiger partial charge is 0.391 e. The maximum absolute atomic E-state index is 13.1. The smallest absolute Gasteiger partial charge is 0.248 e. The fourth-order valence-electron chi connectivity index (χ4n) is 2.39. The van der Waals surface area contributed by atoms with Crippen LogP contribution in [0.3, 0.4) is 0 Å². The van der Waals surface area contributed by atoms with E-state index in [1.54, 1.807) is 0 Å². The lowest BCUT2D eigenvalue weighted by molar-refractivity contribution is -0.132. The fourth-order valence-corrected chi connectivity index (χ4v) is 2.39. The van der Waals surface area contributed by atoms with Gasteiger partial charge in [-0.05, 0) is 31.6 Å². The number of halogens is 2. The molecule has 1 amide bonds. The minimum atomic E-state index is -2.70. The van der Waals surface area contributed by atoms with Crippen LogP contribution in [-0.4, -0.2) is 29.6 Å². The first-order chi connectivity index (χ1) is 7.98. The van der Waals surface area contributed by atoms with Crippen molar-refractivity contribution in [2.75, 3.05) is 6.54 Å². The molecule has 0 heterocycles. The summed E-state index contributed by atoms with van der Waals surface area (Å²) in [4.78, 5) is 11.7. The Morgan fingerprint density at radius 2 is 2.12 bits per heavy atom. The van der Waals surface area contributed by atoms with Crippen LogP contribution in [0.4, 0.5) is 8.78 Å². The Balaban J connectivity index is 1.74. The van der Waals surface area contributed by atoms with Crippen molar-refractivity contribution < 1.29 is 18.7 Å². The predicted octanol–water partition coefficient (Wildman–Crippen LogP) is 1.70. The highest BCUT2D eigenvalue weighted by Gasteiger charge is 2.39. The second kappa shape index (κ2) is 4.88. The zero-order chi connectivity index (χ0) is 12.5. The van der Waals surface area contributed by atoms with Crippen molar-refractivity contribution in [3.8, 4) is 0 Å². The van der Waals surface area contributed by atoms with Gasteiger partial charge in [0.25, 0.3) is 0 Å². The minimum Gasteiger partial charge on any atom is -0.391 e. The number of hydrogen-bond donors (Lipinski definition) is 2. The minimum absolute atomic E-state index is 0.110. The molecule has 0 aromatic rings. The highest BCUT2D eigenvalue weighted by molar-refractivity contribution is 5.78. The molecule has 2 unspecified atom stereocenters. The maximum atomic E-state index is 13.1. The highest BCUT2D eigenvalue weighted by Crippen LogP contribution is 2.36. The van der Waals surface area contributed by atoms with E-state index in [0.717, 1.165) is 12.8 Å². The van der Waals surface area contributed by atoms with Gasteiger partial charge in [-0.25, -0.2) is 8.78 Å². The molecule has 0 radical (unpaired) electrons. The van der Waals surface area contributed by atoms with E-state index >= 15 is 0 Å². The maximum Gasteiger partial charge on any atom is 0.248 e.